The number of pyridine rings is 1. The molecule has 168 valence electrons. The van der Waals surface area contributed by atoms with Gasteiger partial charge in [0, 0.05) is 23.6 Å². The summed E-state index contributed by atoms with van der Waals surface area (Å²) < 4.78 is 19.5. The van der Waals surface area contributed by atoms with E-state index in [0.717, 1.165) is 68.1 Å². The molecule has 7 nitrogen and oxygen atoms in total. The van der Waals surface area contributed by atoms with Gasteiger partial charge >= 0.3 is 0 Å². The number of piperidine rings is 1. The van der Waals surface area contributed by atoms with E-state index >= 15 is 0 Å². The van der Waals surface area contributed by atoms with Crippen molar-refractivity contribution in [2.45, 2.75) is 56.7 Å². The third-order valence-corrected chi connectivity index (χ3v) is 6.41. The van der Waals surface area contributed by atoms with Gasteiger partial charge in [-0.2, -0.15) is 0 Å². The predicted octanol–water partition coefficient (Wildman–Crippen LogP) is 4.06. The standard InChI is InChI=1S/C24H28FN5O2/c25-16-3-5-17(6-4-16)29-24-28-14-21-22(30-24)20(15-1-7-18(31)8-2-15)13-27-23(21)32-19-9-11-26-12-10-19/h3-6,13-15,18-19,26,31H,1-2,7-12H2,(H,28,29,30)/t15-,18-. The Labute approximate surface area is 186 Å². The minimum Gasteiger partial charge on any atom is -0.474 e. The average molecular weight is 438 g/mol. The number of ether oxygens (including phenoxy) is 1. The Hall–Kier alpha value is -2.84. The van der Waals surface area contributed by atoms with Gasteiger partial charge in [0.15, 0.2) is 0 Å². The van der Waals surface area contributed by atoms with Crippen molar-refractivity contribution in [3.8, 4) is 5.88 Å². The molecule has 2 fully saturated rings. The highest BCUT2D eigenvalue weighted by Gasteiger charge is 2.25. The molecule has 0 atom stereocenters. The number of anilines is 2. The quantitative estimate of drug-likeness (QED) is 0.554. The van der Waals surface area contributed by atoms with Crippen LogP contribution in [0.4, 0.5) is 16.0 Å². The van der Waals surface area contributed by atoms with Crippen LogP contribution >= 0.6 is 0 Å². The second-order valence-corrected chi connectivity index (χ2v) is 8.68. The van der Waals surface area contributed by atoms with E-state index in [2.05, 4.69) is 20.6 Å². The first-order chi connectivity index (χ1) is 15.7. The van der Waals surface area contributed by atoms with Gasteiger partial charge in [0.2, 0.25) is 11.8 Å². The van der Waals surface area contributed by atoms with E-state index in [9.17, 15) is 9.50 Å². The summed E-state index contributed by atoms with van der Waals surface area (Å²) in [7, 11) is 0. The fraction of sp³-hybridized carbons (Fsp3) is 0.458. The maximum absolute atomic E-state index is 13.3. The van der Waals surface area contributed by atoms with Gasteiger partial charge in [0.25, 0.3) is 0 Å². The molecule has 1 aliphatic heterocycles. The molecule has 1 saturated carbocycles. The number of nitrogens with one attached hydrogen (secondary N) is 2. The largest absolute Gasteiger partial charge is 0.474 e. The average Bonchev–Trinajstić information content (AvgIpc) is 2.82. The number of rotatable bonds is 5. The highest BCUT2D eigenvalue weighted by molar-refractivity contribution is 5.87. The summed E-state index contributed by atoms with van der Waals surface area (Å²) in [4.78, 5) is 14.0. The van der Waals surface area contributed by atoms with Crippen LogP contribution in [0.2, 0.25) is 0 Å². The molecule has 5 rings (SSSR count). The van der Waals surface area contributed by atoms with E-state index in [1.54, 1.807) is 18.3 Å². The lowest BCUT2D eigenvalue weighted by molar-refractivity contribution is 0.122. The number of aliphatic hydroxyl groups excluding tert-OH is 1. The first kappa shape index (κ1) is 21.0. The Morgan fingerprint density at radius 2 is 1.72 bits per heavy atom. The van der Waals surface area contributed by atoms with Gasteiger partial charge in [-0.05, 0) is 81.8 Å². The van der Waals surface area contributed by atoms with Crippen LogP contribution in [0.1, 0.15) is 50.0 Å². The van der Waals surface area contributed by atoms with Crippen LogP contribution in [-0.2, 0) is 0 Å². The first-order valence-electron chi connectivity index (χ1n) is 11.4. The molecule has 0 bridgehead atoms. The van der Waals surface area contributed by atoms with Crippen LogP contribution in [0.3, 0.4) is 0 Å². The van der Waals surface area contributed by atoms with Gasteiger partial charge in [0.05, 0.1) is 17.0 Å². The minimum atomic E-state index is -0.289. The monoisotopic (exact) mass is 437 g/mol. The summed E-state index contributed by atoms with van der Waals surface area (Å²) in [6.07, 6.45) is 8.80. The predicted molar refractivity (Wildman–Crippen MR) is 121 cm³/mol. The smallest absolute Gasteiger partial charge is 0.227 e. The Kier molecular flexibility index (Phi) is 6.14. The number of fused-ring (bicyclic) bond motifs is 1. The molecule has 0 unspecified atom stereocenters. The molecular weight excluding hydrogens is 409 g/mol. The van der Waals surface area contributed by atoms with Crippen molar-refractivity contribution >= 4 is 22.5 Å². The van der Waals surface area contributed by atoms with Crippen LogP contribution in [0.25, 0.3) is 10.9 Å². The molecule has 3 N–H and O–H groups in total. The van der Waals surface area contributed by atoms with E-state index in [-0.39, 0.29) is 23.9 Å². The zero-order valence-corrected chi connectivity index (χ0v) is 17.9. The molecule has 1 aliphatic carbocycles. The number of aromatic nitrogens is 3. The van der Waals surface area contributed by atoms with E-state index < -0.39 is 0 Å². The summed E-state index contributed by atoms with van der Waals surface area (Å²) >= 11 is 0. The molecule has 8 heteroatoms. The second kappa shape index (κ2) is 9.34. The molecular formula is C24H28FN5O2. The zero-order chi connectivity index (χ0) is 21.9. The molecule has 3 aromatic rings. The van der Waals surface area contributed by atoms with Crippen LogP contribution in [0.5, 0.6) is 5.88 Å². The van der Waals surface area contributed by atoms with E-state index in [0.29, 0.717) is 17.5 Å². The van der Waals surface area contributed by atoms with Crippen molar-refractivity contribution in [3.05, 3.63) is 48.0 Å². The van der Waals surface area contributed by atoms with Gasteiger partial charge in [0.1, 0.15) is 11.9 Å². The summed E-state index contributed by atoms with van der Waals surface area (Å²) in [6.45, 7) is 1.88. The minimum absolute atomic E-state index is 0.125. The van der Waals surface area contributed by atoms with Crippen molar-refractivity contribution in [1.29, 1.82) is 0 Å². The first-order valence-corrected chi connectivity index (χ1v) is 11.4. The third-order valence-electron chi connectivity index (χ3n) is 6.41. The Morgan fingerprint density at radius 3 is 2.47 bits per heavy atom. The Bertz CT molecular complexity index is 1060. The van der Waals surface area contributed by atoms with Crippen molar-refractivity contribution < 1.29 is 14.2 Å². The van der Waals surface area contributed by atoms with Crippen LogP contribution in [0, 0.1) is 5.82 Å². The topological polar surface area (TPSA) is 92.2 Å². The Morgan fingerprint density at radius 1 is 0.969 bits per heavy atom. The van der Waals surface area contributed by atoms with Gasteiger partial charge < -0.3 is 20.5 Å². The molecule has 0 radical (unpaired) electrons. The molecule has 1 saturated heterocycles. The fourth-order valence-electron chi connectivity index (χ4n) is 4.59. The number of benzene rings is 1. The van der Waals surface area contributed by atoms with Crippen LogP contribution in [-0.4, -0.2) is 45.4 Å². The van der Waals surface area contributed by atoms with E-state index in [1.807, 2.05) is 6.20 Å². The van der Waals surface area contributed by atoms with Gasteiger partial charge in [-0.25, -0.2) is 19.3 Å². The van der Waals surface area contributed by atoms with Crippen molar-refractivity contribution in [2.75, 3.05) is 18.4 Å². The normalized spacial score (nSPS) is 22.1. The lowest BCUT2D eigenvalue weighted by Gasteiger charge is -2.27. The highest BCUT2D eigenvalue weighted by Crippen LogP contribution is 2.38. The van der Waals surface area contributed by atoms with Crippen LogP contribution in [0.15, 0.2) is 36.7 Å². The van der Waals surface area contributed by atoms with E-state index in [1.165, 1.54) is 12.1 Å². The summed E-state index contributed by atoms with van der Waals surface area (Å²) in [5.74, 6) is 1.01. The van der Waals surface area contributed by atoms with Crippen LogP contribution < -0.4 is 15.4 Å². The second-order valence-electron chi connectivity index (χ2n) is 8.68. The SMILES string of the molecule is O[C@H]1CC[C@H](c2cnc(OC3CCNCC3)c3cnc(Nc4ccc(F)cc4)nc32)CC1. The summed E-state index contributed by atoms with van der Waals surface area (Å²) in [6, 6.07) is 6.11. The maximum atomic E-state index is 13.3. The van der Waals surface area contributed by atoms with Crippen molar-refractivity contribution in [1.82, 2.24) is 20.3 Å². The van der Waals surface area contributed by atoms with Crippen molar-refractivity contribution in [2.24, 2.45) is 0 Å². The maximum Gasteiger partial charge on any atom is 0.227 e. The molecule has 32 heavy (non-hydrogen) atoms. The number of nitrogens with zero attached hydrogens (tertiary/aromatic N) is 3. The fourth-order valence-corrected chi connectivity index (χ4v) is 4.59. The molecule has 0 spiro atoms. The number of aliphatic hydroxyl groups is 1. The summed E-state index contributed by atoms with van der Waals surface area (Å²) in [5, 5.41) is 17.3. The number of halogens is 1. The number of hydrogen-bond acceptors (Lipinski definition) is 7. The molecule has 1 aromatic carbocycles. The van der Waals surface area contributed by atoms with Gasteiger partial charge in [-0.15, -0.1) is 0 Å². The lowest BCUT2D eigenvalue weighted by Crippen LogP contribution is -2.34. The van der Waals surface area contributed by atoms with Gasteiger partial charge in [-0.1, -0.05) is 0 Å². The van der Waals surface area contributed by atoms with Crippen molar-refractivity contribution in [3.63, 3.8) is 0 Å². The molecule has 2 aromatic heterocycles. The summed E-state index contributed by atoms with van der Waals surface area (Å²) in [5.41, 5.74) is 2.60. The third kappa shape index (κ3) is 4.66. The molecule has 0 amide bonds. The molecule has 3 heterocycles. The Balaban J connectivity index is 1.50. The molecule has 2 aliphatic rings. The highest BCUT2D eigenvalue weighted by atomic mass is 19.1. The lowest BCUT2D eigenvalue weighted by atomic mass is 9.83. The van der Waals surface area contributed by atoms with E-state index in [4.69, 9.17) is 9.72 Å². The number of hydrogen-bond donors (Lipinski definition) is 3. The zero-order valence-electron chi connectivity index (χ0n) is 17.9. The van der Waals surface area contributed by atoms with Gasteiger partial charge in [-0.3, -0.25) is 0 Å².